The fraction of sp³-hybridized carbons (Fsp3) is 0.400. The molecule has 1 nitrogen and oxygen atoms in total. The van der Waals surface area contributed by atoms with E-state index in [1.807, 2.05) is 0 Å². The van der Waals surface area contributed by atoms with Gasteiger partial charge in [-0.2, -0.15) is 13.2 Å². The minimum atomic E-state index is -4.59. The van der Waals surface area contributed by atoms with E-state index in [1.165, 1.54) is 0 Å². The molecule has 0 bridgehead atoms. The average Bonchev–Trinajstić information content (AvgIpc) is 2.19. The van der Waals surface area contributed by atoms with Crippen LogP contribution in [0.2, 0.25) is 5.02 Å². The third-order valence-electron chi connectivity index (χ3n) is 2.12. The van der Waals surface area contributed by atoms with Crippen LogP contribution in [0.1, 0.15) is 11.1 Å². The number of benzene rings is 1. The van der Waals surface area contributed by atoms with Crippen LogP contribution in [0.5, 0.6) is 0 Å². The quantitative estimate of drug-likeness (QED) is 0.838. The molecule has 0 aromatic heterocycles. The highest BCUT2D eigenvalue weighted by atomic mass is 35.5. The second kappa shape index (κ2) is 4.78. The number of halogens is 6. The summed E-state index contributed by atoms with van der Waals surface area (Å²) in [6.45, 7) is -0.945. The lowest BCUT2D eigenvalue weighted by Crippen LogP contribution is -2.30. The molecule has 0 amide bonds. The summed E-state index contributed by atoms with van der Waals surface area (Å²) in [5, 5.41) is -0.133. The molecule has 0 saturated heterocycles. The molecule has 0 atom stereocenters. The average molecular weight is 274 g/mol. The van der Waals surface area contributed by atoms with Gasteiger partial charge in [0, 0.05) is 11.4 Å². The van der Waals surface area contributed by atoms with Crippen molar-refractivity contribution in [2.75, 3.05) is 6.54 Å². The third kappa shape index (κ3) is 3.81. The first-order valence-corrected chi connectivity index (χ1v) is 4.97. The van der Waals surface area contributed by atoms with E-state index in [2.05, 4.69) is 0 Å². The Labute approximate surface area is 99.4 Å². The lowest BCUT2D eigenvalue weighted by Gasteiger charge is -2.16. The van der Waals surface area contributed by atoms with Gasteiger partial charge in [0.1, 0.15) is 0 Å². The molecule has 0 unspecified atom stereocenters. The standard InChI is InChI=1S/C10H9ClF5N/c11-8-2-1-7(10(14,15)16)3-6(8)4-9(12,13)5-17/h1-3H,4-5,17H2. The van der Waals surface area contributed by atoms with Crippen molar-refractivity contribution >= 4 is 11.6 Å². The third-order valence-corrected chi connectivity index (χ3v) is 2.49. The summed E-state index contributed by atoms with van der Waals surface area (Å²) in [5.41, 5.74) is 3.54. The Kier molecular flexibility index (Phi) is 3.99. The van der Waals surface area contributed by atoms with Gasteiger partial charge in [-0.3, -0.25) is 0 Å². The first kappa shape index (κ1) is 14.2. The molecular weight excluding hydrogens is 265 g/mol. The van der Waals surface area contributed by atoms with Crippen molar-refractivity contribution in [3.05, 3.63) is 34.3 Å². The summed E-state index contributed by atoms with van der Waals surface area (Å²) in [6, 6.07) is 2.31. The van der Waals surface area contributed by atoms with Gasteiger partial charge in [-0.05, 0) is 23.8 Å². The minimum Gasteiger partial charge on any atom is -0.325 e. The number of hydrogen-bond donors (Lipinski definition) is 1. The molecule has 0 saturated carbocycles. The Morgan fingerprint density at radius 1 is 1.12 bits per heavy atom. The molecule has 7 heteroatoms. The van der Waals surface area contributed by atoms with Gasteiger partial charge in [0.2, 0.25) is 0 Å². The zero-order valence-electron chi connectivity index (χ0n) is 8.49. The van der Waals surface area contributed by atoms with Crippen molar-refractivity contribution in [3.8, 4) is 0 Å². The molecule has 1 rings (SSSR count). The highest BCUT2D eigenvalue weighted by Crippen LogP contribution is 2.33. The Hall–Kier alpha value is -0.880. The van der Waals surface area contributed by atoms with Gasteiger partial charge in [0.25, 0.3) is 5.92 Å². The predicted octanol–water partition coefficient (Wildman–Crippen LogP) is 3.50. The van der Waals surface area contributed by atoms with Crippen LogP contribution in [0, 0.1) is 0 Å². The van der Waals surface area contributed by atoms with E-state index in [0.717, 1.165) is 12.1 Å². The number of rotatable bonds is 3. The largest absolute Gasteiger partial charge is 0.416 e. The van der Waals surface area contributed by atoms with E-state index in [9.17, 15) is 22.0 Å². The summed E-state index contributed by atoms with van der Waals surface area (Å²) >= 11 is 5.57. The monoisotopic (exact) mass is 273 g/mol. The molecule has 0 radical (unpaired) electrons. The van der Waals surface area contributed by atoms with E-state index in [1.54, 1.807) is 0 Å². The van der Waals surface area contributed by atoms with Crippen molar-refractivity contribution in [1.29, 1.82) is 0 Å². The molecule has 0 spiro atoms. The molecule has 1 aromatic carbocycles. The van der Waals surface area contributed by atoms with E-state index < -0.39 is 30.6 Å². The van der Waals surface area contributed by atoms with Crippen molar-refractivity contribution in [2.45, 2.75) is 18.5 Å². The van der Waals surface area contributed by atoms with Crippen LogP contribution in [0.3, 0.4) is 0 Å². The van der Waals surface area contributed by atoms with Crippen molar-refractivity contribution in [2.24, 2.45) is 5.73 Å². The first-order chi connectivity index (χ1) is 7.65. The van der Waals surface area contributed by atoms with E-state index >= 15 is 0 Å². The Balaban J connectivity index is 3.08. The van der Waals surface area contributed by atoms with Crippen LogP contribution in [0.15, 0.2) is 18.2 Å². The normalized spacial score (nSPS) is 12.9. The first-order valence-electron chi connectivity index (χ1n) is 4.59. The van der Waals surface area contributed by atoms with Crippen LogP contribution in [0.4, 0.5) is 22.0 Å². The van der Waals surface area contributed by atoms with Crippen molar-refractivity contribution in [1.82, 2.24) is 0 Å². The molecule has 0 aliphatic rings. The molecule has 0 heterocycles. The molecule has 17 heavy (non-hydrogen) atoms. The van der Waals surface area contributed by atoms with Crippen molar-refractivity contribution in [3.63, 3.8) is 0 Å². The molecule has 0 aliphatic heterocycles. The van der Waals surface area contributed by atoms with Crippen LogP contribution >= 0.6 is 11.6 Å². The zero-order chi connectivity index (χ0) is 13.3. The summed E-state index contributed by atoms with van der Waals surface area (Å²) in [7, 11) is 0. The van der Waals surface area contributed by atoms with Gasteiger partial charge in [-0.15, -0.1) is 0 Å². The van der Waals surface area contributed by atoms with Gasteiger partial charge in [-0.1, -0.05) is 11.6 Å². The second-order valence-corrected chi connectivity index (χ2v) is 3.95. The van der Waals surface area contributed by atoms with Gasteiger partial charge < -0.3 is 5.73 Å². The van der Waals surface area contributed by atoms with Crippen LogP contribution < -0.4 is 5.73 Å². The van der Waals surface area contributed by atoms with Gasteiger partial charge >= 0.3 is 6.18 Å². The van der Waals surface area contributed by atoms with Gasteiger partial charge in [0.15, 0.2) is 0 Å². The van der Waals surface area contributed by atoms with Crippen LogP contribution in [-0.2, 0) is 12.6 Å². The fourth-order valence-corrected chi connectivity index (χ4v) is 1.42. The zero-order valence-corrected chi connectivity index (χ0v) is 9.25. The minimum absolute atomic E-state index is 0.133. The fourth-order valence-electron chi connectivity index (χ4n) is 1.24. The number of alkyl halides is 5. The summed E-state index contributed by atoms with van der Waals surface area (Å²) in [6.07, 6.45) is -5.50. The Morgan fingerprint density at radius 3 is 2.18 bits per heavy atom. The molecule has 2 N–H and O–H groups in total. The second-order valence-electron chi connectivity index (χ2n) is 3.54. The molecule has 96 valence electrons. The maximum Gasteiger partial charge on any atom is 0.416 e. The topological polar surface area (TPSA) is 26.0 Å². The number of hydrogen-bond acceptors (Lipinski definition) is 1. The molecular formula is C10H9ClF5N. The van der Waals surface area contributed by atoms with E-state index in [0.29, 0.717) is 6.07 Å². The lowest BCUT2D eigenvalue weighted by molar-refractivity contribution is -0.137. The SMILES string of the molecule is NCC(F)(F)Cc1cc(C(F)(F)F)ccc1Cl. The van der Waals surface area contributed by atoms with Crippen LogP contribution in [0.25, 0.3) is 0 Å². The van der Waals surface area contributed by atoms with E-state index in [4.69, 9.17) is 17.3 Å². The summed E-state index contributed by atoms with van der Waals surface area (Å²) in [4.78, 5) is 0. The smallest absolute Gasteiger partial charge is 0.325 e. The van der Waals surface area contributed by atoms with Gasteiger partial charge in [-0.25, -0.2) is 8.78 Å². The Bertz CT molecular complexity index is 402. The van der Waals surface area contributed by atoms with Crippen LogP contribution in [-0.4, -0.2) is 12.5 Å². The maximum atomic E-state index is 13.0. The molecule has 1 aromatic rings. The van der Waals surface area contributed by atoms with Gasteiger partial charge in [0.05, 0.1) is 12.1 Å². The summed E-state index contributed by atoms with van der Waals surface area (Å²) < 4.78 is 63.0. The number of nitrogens with two attached hydrogens (primary N) is 1. The maximum absolute atomic E-state index is 13.0. The van der Waals surface area contributed by atoms with E-state index in [-0.39, 0.29) is 10.6 Å². The predicted molar refractivity (Wildman–Crippen MR) is 54.2 cm³/mol. The molecule has 0 fully saturated rings. The molecule has 0 aliphatic carbocycles. The lowest BCUT2D eigenvalue weighted by atomic mass is 10.0. The Morgan fingerprint density at radius 2 is 1.71 bits per heavy atom. The van der Waals surface area contributed by atoms with Crippen molar-refractivity contribution < 1.29 is 22.0 Å². The summed E-state index contributed by atoms with van der Waals surface area (Å²) in [5.74, 6) is -3.27. The highest BCUT2D eigenvalue weighted by molar-refractivity contribution is 6.31. The highest BCUT2D eigenvalue weighted by Gasteiger charge is 2.33.